The summed E-state index contributed by atoms with van der Waals surface area (Å²) >= 11 is 6.06. The van der Waals surface area contributed by atoms with Crippen LogP contribution in [0.3, 0.4) is 0 Å². The van der Waals surface area contributed by atoms with Crippen molar-refractivity contribution in [2.24, 2.45) is 5.92 Å². The second-order valence-electron chi connectivity index (χ2n) is 6.27. The molecule has 0 saturated carbocycles. The second kappa shape index (κ2) is 8.27. The van der Waals surface area contributed by atoms with Gasteiger partial charge in [0.05, 0.1) is 10.6 Å². The van der Waals surface area contributed by atoms with E-state index < -0.39 is 0 Å². The number of carbonyl (C=O) groups is 1. The molecule has 2 aromatic rings. The summed E-state index contributed by atoms with van der Waals surface area (Å²) in [5.41, 5.74) is 1.80. The molecule has 0 radical (unpaired) electrons. The lowest BCUT2D eigenvalue weighted by Gasteiger charge is -2.32. The summed E-state index contributed by atoms with van der Waals surface area (Å²) in [5.74, 6) is 0.444. The lowest BCUT2D eigenvalue weighted by atomic mass is 9.96. The standard InChI is InChI=1S/C19H22ClN3O/c20-18-6-2-1-5-17(18)19(24)22-13-15-7-10-23(11-8-15)14-16-4-3-9-21-12-16/h1-6,9,12,15H,7-8,10-11,13-14H2,(H,22,24). The Hall–Kier alpha value is -1.91. The Labute approximate surface area is 147 Å². The monoisotopic (exact) mass is 343 g/mol. The lowest BCUT2D eigenvalue weighted by Crippen LogP contribution is -2.38. The van der Waals surface area contributed by atoms with E-state index in [0.717, 1.165) is 32.5 Å². The van der Waals surface area contributed by atoms with Crippen LogP contribution in [-0.4, -0.2) is 35.4 Å². The number of piperidine rings is 1. The largest absolute Gasteiger partial charge is 0.352 e. The topological polar surface area (TPSA) is 45.2 Å². The molecule has 126 valence electrons. The van der Waals surface area contributed by atoms with Gasteiger partial charge in [-0.1, -0.05) is 29.8 Å². The Morgan fingerprint density at radius 1 is 1.21 bits per heavy atom. The molecule has 0 atom stereocenters. The van der Waals surface area contributed by atoms with Gasteiger partial charge >= 0.3 is 0 Å². The van der Waals surface area contributed by atoms with E-state index >= 15 is 0 Å². The molecule has 1 aliphatic rings. The van der Waals surface area contributed by atoms with E-state index in [-0.39, 0.29) is 5.91 Å². The quantitative estimate of drug-likeness (QED) is 0.905. The van der Waals surface area contributed by atoms with E-state index in [4.69, 9.17) is 11.6 Å². The van der Waals surface area contributed by atoms with Crippen molar-refractivity contribution in [3.05, 3.63) is 64.9 Å². The fraction of sp³-hybridized carbons (Fsp3) is 0.368. The van der Waals surface area contributed by atoms with E-state index in [2.05, 4.69) is 21.3 Å². The van der Waals surface area contributed by atoms with Crippen molar-refractivity contribution in [3.8, 4) is 0 Å². The minimum Gasteiger partial charge on any atom is -0.352 e. The number of carbonyl (C=O) groups excluding carboxylic acids is 1. The van der Waals surface area contributed by atoms with Crippen LogP contribution in [0.2, 0.25) is 5.02 Å². The van der Waals surface area contributed by atoms with Crippen molar-refractivity contribution in [2.75, 3.05) is 19.6 Å². The highest BCUT2D eigenvalue weighted by atomic mass is 35.5. The normalized spacial score (nSPS) is 16.0. The maximum Gasteiger partial charge on any atom is 0.252 e. The van der Waals surface area contributed by atoms with Gasteiger partial charge in [-0.05, 0) is 55.6 Å². The van der Waals surface area contributed by atoms with E-state index in [1.165, 1.54) is 5.56 Å². The van der Waals surface area contributed by atoms with Crippen LogP contribution in [0.15, 0.2) is 48.8 Å². The molecule has 0 spiro atoms. The van der Waals surface area contributed by atoms with Crippen molar-refractivity contribution in [3.63, 3.8) is 0 Å². The van der Waals surface area contributed by atoms with Crippen molar-refractivity contribution in [2.45, 2.75) is 19.4 Å². The first kappa shape index (κ1) is 16.9. The Balaban J connectivity index is 1.43. The average Bonchev–Trinajstić information content (AvgIpc) is 2.62. The molecule has 24 heavy (non-hydrogen) atoms. The lowest BCUT2D eigenvalue weighted by molar-refractivity contribution is 0.0935. The molecule has 0 aliphatic carbocycles. The van der Waals surface area contributed by atoms with Gasteiger partial charge in [-0.2, -0.15) is 0 Å². The van der Waals surface area contributed by atoms with Gasteiger partial charge in [0, 0.05) is 25.5 Å². The summed E-state index contributed by atoms with van der Waals surface area (Å²) in [4.78, 5) is 18.8. The maximum atomic E-state index is 12.2. The van der Waals surface area contributed by atoms with Crippen molar-refractivity contribution >= 4 is 17.5 Å². The first-order valence-corrected chi connectivity index (χ1v) is 8.74. The van der Waals surface area contributed by atoms with E-state index in [1.54, 1.807) is 18.3 Å². The third-order valence-electron chi connectivity index (χ3n) is 4.51. The number of nitrogens with zero attached hydrogens (tertiary/aromatic N) is 2. The number of hydrogen-bond donors (Lipinski definition) is 1. The Morgan fingerprint density at radius 2 is 2.00 bits per heavy atom. The molecular formula is C19H22ClN3O. The SMILES string of the molecule is O=C(NCC1CCN(Cc2cccnc2)CC1)c1ccccc1Cl. The van der Waals surface area contributed by atoms with Crippen LogP contribution < -0.4 is 5.32 Å². The van der Waals surface area contributed by atoms with Gasteiger partial charge in [0.25, 0.3) is 5.91 Å². The number of hydrogen-bond acceptors (Lipinski definition) is 3. The molecule has 1 fully saturated rings. The summed E-state index contributed by atoms with van der Waals surface area (Å²) in [7, 11) is 0. The van der Waals surface area contributed by atoms with Crippen molar-refractivity contribution < 1.29 is 4.79 Å². The Morgan fingerprint density at radius 3 is 2.71 bits per heavy atom. The Kier molecular flexibility index (Phi) is 5.83. The predicted molar refractivity (Wildman–Crippen MR) is 96.0 cm³/mol. The second-order valence-corrected chi connectivity index (χ2v) is 6.68. The number of amides is 1. The van der Waals surface area contributed by atoms with E-state index in [0.29, 0.717) is 23.0 Å². The van der Waals surface area contributed by atoms with Crippen LogP contribution in [-0.2, 0) is 6.54 Å². The molecule has 1 N–H and O–H groups in total. The van der Waals surface area contributed by atoms with Crippen LogP contribution >= 0.6 is 11.6 Å². The first-order valence-electron chi connectivity index (χ1n) is 8.36. The fourth-order valence-corrected chi connectivity index (χ4v) is 3.30. The number of likely N-dealkylation sites (tertiary alicyclic amines) is 1. The zero-order valence-corrected chi connectivity index (χ0v) is 14.4. The summed E-state index contributed by atoms with van der Waals surface area (Å²) in [6.45, 7) is 3.78. The van der Waals surface area contributed by atoms with Crippen LogP contribution in [0.4, 0.5) is 0 Å². The summed E-state index contributed by atoms with van der Waals surface area (Å²) < 4.78 is 0. The average molecular weight is 344 g/mol. The predicted octanol–water partition coefficient (Wildman–Crippen LogP) is 3.38. The Bertz CT molecular complexity index is 669. The molecule has 0 unspecified atom stereocenters. The maximum absolute atomic E-state index is 12.2. The summed E-state index contributed by atoms with van der Waals surface area (Å²) in [6, 6.07) is 11.3. The number of halogens is 1. The number of nitrogens with one attached hydrogen (secondary N) is 1. The molecule has 1 aromatic carbocycles. The van der Waals surface area contributed by atoms with Gasteiger partial charge in [0.2, 0.25) is 0 Å². The number of pyridine rings is 1. The van der Waals surface area contributed by atoms with Crippen LogP contribution in [0.1, 0.15) is 28.8 Å². The number of benzene rings is 1. The molecule has 1 aromatic heterocycles. The highest BCUT2D eigenvalue weighted by Gasteiger charge is 2.20. The van der Waals surface area contributed by atoms with Crippen LogP contribution in [0, 0.1) is 5.92 Å². The van der Waals surface area contributed by atoms with Crippen molar-refractivity contribution in [1.29, 1.82) is 0 Å². The highest BCUT2D eigenvalue weighted by Crippen LogP contribution is 2.19. The highest BCUT2D eigenvalue weighted by molar-refractivity contribution is 6.33. The van der Waals surface area contributed by atoms with Gasteiger partial charge in [0.15, 0.2) is 0 Å². The van der Waals surface area contributed by atoms with Gasteiger partial charge in [-0.3, -0.25) is 14.7 Å². The molecule has 3 rings (SSSR count). The minimum absolute atomic E-state index is 0.0848. The molecular weight excluding hydrogens is 322 g/mol. The van der Waals surface area contributed by atoms with Crippen LogP contribution in [0.25, 0.3) is 0 Å². The summed E-state index contributed by atoms with van der Waals surface area (Å²) in [5, 5.41) is 3.52. The summed E-state index contributed by atoms with van der Waals surface area (Å²) in [6.07, 6.45) is 5.93. The zero-order valence-electron chi connectivity index (χ0n) is 13.6. The molecule has 0 bridgehead atoms. The number of aromatic nitrogens is 1. The fourth-order valence-electron chi connectivity index (χ4n) is 3.08. The van der Waals surface area contributed by atoms with Gasteiger partial charge < -0.3 is 5.32 Å². The van der Waals surface area contributed by atoms with Crippen molar-refractivity contribution in [1.82, 2.24) is 15.2 Å². The smallest absolute Gasteiger partial charge is 0.252 e. The third-order valence-corrected chi connectivity index (χ3v) is 4.84. The first-order chi connectivity index (χ1) is 11.7. The molecule has 2 heterocycles. The minimum atomic E-state index is -0.0848. The molecule has 1 saturated heterocycles. The van der Waals surface area contributed by atoms with Gasteiger partial charge in [-0.25, -0.2) is 0 Å². The molecule has 5 heteroatoms. The molecule has 1 aliphatic heterocycles. The molecule has 4 nitrogen and oxygen atoms in total. The van der Waals surface area contributed by atoms with Crippen LogP contribution in [0.5, 0.6) is 0 Å². The molecule has 1 amide bonds. The number of rotatable bonds is 5. The third kappa shape index (κ3) is 4.56. The van der Waals surface area contributed by atoms with E-state index in [1.807, 2.05) is 24.4 Å². The van der Waals surface area contributed by atoms with Gasteiger partial charge in [-0.15, -0.1) is 0 Å². The van der Waals surface area contributed by atoms with E-state index in [9.17, 15) is 4.79 Å². The van der Waals surface area contributed by atoms with Gasteiger partial charge in [0.1, 0.15) is 0 Å². The zero-order chi connectivity index (χ0) is 16.8.